The van der Waals surface area contributed by atoms with E-state index in [4.69, 9.17) is 0 Å². The zero-order valence-electron chi connectivity index (χ0n) is 19.5. The Hall–Kier alpha value is -1.72. The molecule has 0 unspecified atom stereocenters. The van der Waals surface area contributed by atoms with Crippen LogP contribution in [0.4, 0.5) is 0 Å². The number of nitrogens with zero attached hydrogens (tertiary/aromatic N) is 1. The van der Waals surface area contributed by atoms with Crippen molar-refractivity contribution >= 4 is 11.8 Å². The van der Waals surface area contributed by atoms with E-state index in [9.17, 15) is 5.26 Å². The van der Waals surface area contributed by atoms with Gasteiger partial charge < -0.3 is 0 Å². The van der Waals surface area contributed by atoms with Crippen molar-refractivity contribution in [3.63, 3.8) is 0 Å². The summed E-state index contributed by atoms with van der Waals surface area (Å²) in [6.45, 7) is 4.54. The Morgan fingerprint density at radius 3 is 2.26 bits per heavy atom. The lowest BCUT2D eigenvalue weighted by Crippen LogP contribution is -2.13. The molecule has 0 bridgehead atoms. The van der Waals surface area contributed by atoms with Gasteiger partial charge in [-0.3, -0.25) is 0 Å². The maximum absolute atomic E-state index is 9.75. The van der Waals surface area contributed by atoms with Crippen LogP contribution >= 0.6 is 11.8 Å². The SMILES string of the molecule is CCCCCc1ccc(CSc2ccc([C@H]3CC[C@H](CCCC)CC3)cc2C#N)cc1. The Morgan fingerprint density at radius 1 is 0.871 bits per heavy atom. The average molecular weight is 434 g/mol. The summed E-state index contributed by atoms with van der Waals surface area (Å²) in [6, 6.07) is 18.2. The van der Waals surface area contributed by atoms with Crippen LogP contribution in [0, 0.1) is 17.2 Å². The number of benzene rings is 2. The molecule has 2 heteroatoms. The number of aryl methyl sites for hydroxylation is 1. The molecule has 1 aliphatic carbocycles. The molecule has 0 amide bonds. The van der Waals surface area contributed by atoms with Crippen molar-refractivity contribution in [2.24, 2.45) is 5.92 Å². The summed E-state index contributed by atoms with van der Waals surface area (Å²) >= 11 is 1.79. The molecule has 0 radical (unpaired) electrons. The number of hydrogen-bond donors (Lipinski definition) is 0. The second-order valence-electron chi connectivity index (χ2n) is 9.29. The fourth-order valence-corrected chi connectivity index (χ4v) is 5.77. The smallest absolute Gasteiger partial charge is 0.100 e. The first-order valence-electron chi connectivity index (χ1n) is 12.5. The molecule has 31 heavy (non-hydrogen) atoms. The Bertz CT molecular complexity index is 825. The molecule has 1 aliphatic rings. The summed E-state index contributed by atoms with van der Waals surface area (Å²) in [5, 5.41) is 9.75. The van der Waals surface area contributed by atoms with E-state index < -0.39 is 0 Å². The minimum absolute atomic E-state index is 0.643. The van der Waals surface area contributed by atoms with Crippen molar-refractivity contribution in [1.82, 2.24) is 0 Å². The van der Waals surface area contributed by atoms with Crippen LogP contribution in [-0.4, -0.2) is 0 Å². The van der Waals surface area contributed by atoms with Crippen molar-refractivity contribution in [3.05, 3.63) is 64.7 Å². The monoisotopic (exact) mass is 433 g/mol. The molecule has 0 heterocycles. The van der Waals surface area contributed by atoms with Crippen molar-refractivity contribution < 1.29 is 0 Å². The fraction of sp³-hybridized carbons (Fsp3) is 0.552. The number of hydrogen-bond acceptors (Lipinski definition) is 2. The Balaban J connectivity index is 1.54. The van der Waals surface area contributed by atoms with Crippen molar-refractivity contribution in [1.29, 1.82) is 5.26 Å². The van der Waals surface area contributed by atoms with Crippen molar-refractivity contribution in [2.45, 2.75) is 101 Å². The number of unbranched alkanes of at least 4 members (excludes halogenated alkanes) is 3. The van der Waals surface area contributed by atoms with Crippen molar-refractivity contribution in [2.75, 3.05) is 0 Å². The molecular formula is C29H39NS. The van der Waals surface area contributed by atoms with E-state index in [2.05, 4.69) is 62.4 Å². The van der Waals surface area contributed by atoms with Crippen LogP contribution in [-0.2, 0) is 12.2 Å². The molecule has 0 N–H and O–H groups in total. The average Bonchev–Trinajstić information content (AvgIpc) is 2.82. The predicted molar refractivity (Wildman–Crippen MR) is 135 cm³/mol. The normalized spacial score (nSPS) is 18.6. The molecule has 0 atom stereocenters. The van der Waals surface area contributed by atoms with Crippen LogP contribution in [0.5, 0.6) is 0 Å². The Morgan fingerprint density at radius 2 is 1.58 bits per heavy atom. The van der Waals surface area contributed by atoms with Gasteiger partial charge in [-0.25, -0.2) is 0 Å². The lowest BCUT2D eigenvalue weighted by molar-refractivity contribution is 0.304. The second-order valence-corrected chi connectivity index (χ2v) is 10.3. The minimum atomic E-state index is 0.643. The van der Waals surface area contributed by atoms with Gasteiger partial charge in [-0.05, 0) is 79.2 Å². The van der Waals surface area contributed by atoms with E-state index in [1.807, 2.05) is 0 Å². The molecule has 2 aromatic rings. The highest BCUT2D eigenvalue weighted by Gasteiger charge is 2.22. The van der Waals surface area contributed by atoms with Crippen LogP contribution < -0.4 is 0 Å². The quantitative estimate of drug-likeness (QED) is 0.261. The first kappa shape index (κ1) is 23.9. The summed E-state index contributed by atoms with van der Waals surface area (Å²) < 4.78 is 0. The first-order chi connectivity index (χ1) is 15.2. The van der Waals surface area contributed by atoms with E-state index >= 15 is 0 Å². The third kappa shape index (κ3) is 7.43. The van der Waals surface area contributed by atoms with Crippen LogP contribution in [0.25, 0.3) is 0 Å². The second kappa shape index (κ2) is 13.0. The van der Waals surface area contributed by atoms with Gasteiger partial charge in [-0.15, -0.1) is 11.8 Å². The molecule has 2 aromatic carbocycles. The van der Waals surface area contributed by atoms with Crippen LogP contribution in [0.3, 0.4) is 0 Å². The van der Waals surface area contributed by atoms with Gasteiger partial charge in [0.25, 0.3) is 0 Å². The summed E-state index contributed by atoms with van der Waals surface area (Å²) in [5.41, 5.74) is 5.01. The van der Waals surface area contributed by atoms with Gasteiger partial charge in [-0.2, -0.15) is 5.26 Å². The molecule has 166 valence electrons. The number of nitriles is 1. The highest BCUT2D eigenvalue weighted by atomic mass is 32.2. The predicted octanol–water partition coefficient (Wildman–Crippen LogP) is 9.05. The zero-order chi connectivity index (χ0) is 21.9. The van der Waals surface area contributed by atoms with E-state index in [0.29, 0.717) is 5.92 Å². The molecule has 0 saturated heterocycles. The third-order valence-corrected chi connectivity index (χ3v) is 8.04. The number of thioether (sulfide) groups is 1. The summed E-state index contributed by atoms with van der Waals surface area (Å²) in [5.74, 6) is 2.50. The molecule has 1 fully saturated rings. The highest BCUT2D eigenvalue weighted by molar-refractivity contribution is 7.98. The molecule has 1 saturated carbocycles. The number of rotatable bonds is 11. The fourth-order valence-electron chi connectivity index (χ4n) is 4.83. The van der Waals surface area contributed by atoms with Gasteiger partial charge in [0, 0.05) is 10.6 Å². The topological polar surface area (TPSA) is 23.8 Å². The largest absolute Gasteiger partial charge is 0.192 e. The summed E-state index contributed by atoms with van der Waals surface area (Å²) in [4.78, 5) is 1.12. The molecule has 3 rings (SSSR count). The van der Waals surface area contributed by atoms with Gasteiger partial charge in [0.1, 0.15) is 6.07 Å². The van der Waals surface area contributed by atoms with Crippen LogP contribution in [0.2, 0.25) is 0 Å². The standard InChI is InChI=1S/C29H39NS/c1-3-5-7-9-24-10-12-25(13-11-24)22-31-29-19-18-27(20-28(29)21-30)26-16-14-23(15-17-26)8-6-4-2/h10-13,18-20,23,26H,3-9,14-17,22H2,1-2H3/t23-,26-. The van der Waals surface area contributed by atoms with Crippen molar-refractivity contribution in [3.8, 4) is 6.07 Å². The van der Waals surface area contributed by atoms with Gasteiger partial charge in [0.15, 0.2) is 0 Å². The molecule has 1 nitrogen and oxygen atoms in total. The molecule has 0 aromatic heterocycles. The van der Waals surface area contributed by atoms with E-state index in [1.54, 1.807) is 11.8 Å². The van der Waals surface area contributed by atoms with Crippen LogP contribution in [0.15, 0.2) is 47.4 Å². The molecular weight excluding hydrogens is 394 g/mol. The van der Waals surface area contributed by atoms with Crippen LogP contribution in [0.1, 0.15) is 106 Å². The lowest BCUT2D eigenvalue weighted by Gasteiger charge is -2.29. The lowest BCUT2D eigenvalue weighted by atomic mass is 9.77. The Labute approximate surface area is 194 Å². The third-order valence-electron chi connectivity index (χ3n) is 6.89. The maximum Gasteiger partial charge on any atom is 0.100 e. The van der Waals surface area contributed by atoms with Gasteiger partial charge in [-0.1, -0.05) is 76.3 Å². The minimum Gasteiger partial charge on any atom is -0.192 e. The summed E-state index contributed by atoms with van der Waals surface area (Å²) in [7, 11) is 0. The first-order valence-corrected chi connectivity index (χ1v) is 13.5. The van der Waals surface area contributed by atoms with E-state index in [-0.39, 0.29) is 0 Å². The van der Waals surface area contributed by atoms with Gasteiger partial charge in [0.05, 0.1) is 5.56 Å². The molecule has 0 spiro atoms. The Kier molecular flexibility index (Phi) is 10.0. The van der Waals surface area contributed by atoms with E-state index in [1.165, 1.54) is 87.3 Å². The van der Waals surface area contributed by atoms with E-state index in [0.717, 1.165) is 22.1 Å². The summed E-state index contributed by atoms with van der Waals surface area (Å²) in [6.07, 6.45) is 14.4. The molecule has 0 aliphatic heterocycles. The zero-order valence-corrected chi connectivity index (χ0v) is 20.4. The van der Waals surface area contributed by atoms with Gasteiger partial charge >= 0.3 is 0 Å². The van der Waals surface area contributed by atoms with Gasteiger partial charge in [0.2, 0.25) is 0 Å². The maximum atomic E-state index is 9.75. The highest BCUT2D eigenvalue weighted by Crippen LogP contribution is 2.39.